The second-order valence-corrected chi connectivity index (χ2v) is 5.26. The summed E-state index contributed by atoms with van der Waals surface area (Å²) >= 11 is 0. The molecule has 2 heteroatoms. The summed E-state index contributed by atoms with van der Waals surface area (Å²) in [6, 6.07) is 23.6. The van der Waals surface area contributed by atoms with Crippen LogP contribution in [0.4, 0.5) is 5.69 Å². The minimum Gasteiger partial charge on any atom is -0.388 e. The molecule has 0 aliphatic rings. The van der Waals surface area contributed by atoms with Gasteiger partial charge in [0.05, 0.1) is 0 Å². The van der Waals surface area contributed by atoms with Crippen molar-refractivity contribution in [2.75, 3.05) is 12.4 Å². The molecule has 0 amide bonds. The minimum atomic E-state index is 1.13. The topological polar surface area (TPSA) is 27.8 Å². The van der Waals surface area contributed by atoms with Gasteiger partial charge in [0.25, 0.3) is 0 Å². The average molecular weight is 272 g/mol. The van der Waals surface area contributed by atoms with Crippen LogP contribution >= 0.6 is 0 Å². The SMILES string of the molecule is CNc1ccc(-c2ccc3[nH]c4ccccc4c3c2)cc1. The molecule has 1 heterocycles. The fourth-order valence-electron chi connectivity index (χ4n) is 2.86. The van der Waals surface area contributed by atoms with E-state index in [1.54, 1.807) is 0 Å². The highest BCUT2D eigenvalue weighted by Crippen LogP contribution is 2.30. The zero-order chi connectivity index (χ0) is 14.2. The molecule has 0 unspecified atom stereocenters. The van der Waals surface area contributed by atoms with Crippen LogP contribution in [-0.4, -0.2) is 12.0 Å². The van der Waals surface area contributed by atoms with Crippen molar-refractivity contribution in [2.24, 2.45) is 0 Å². The van der Waals surface area contributed by atoms with Gasteiger partial charge < -0.3 is 10.3 Å². The van der Waals surface area contributed by atoms with Crippen LogP contribution in [0.25, 0.3) is 32.9 Å². The number of H-pyrrole nitrogens is 1. The van der Waals surface area contributed by atoms with E-state index in [9.17, 15) is 0 Å². The summed E-state index contributed by atoms with van der Waals surface area (Å²) in [6.07, 6.45) is 0. The maximum Gasteiger partial charge on any atom is 0.0465 e. The zero-order valence-electron chi connectivity index (χ0n) is 11.9. The molecule has 1 aromatic heterocycles. The highest BCUT2D eigenvalue weighted by atomic mass is 14.8. The molecule has 0 saturated heterocycles. The summed E-state index contributed by atoms with van der Waals surface area (Å²) in [5, 5.41) is 5.71. The number of rotatable bonds is 2. The van der Waals surface area contributed by atoms with E-state index in [-0.39, 0.29) is 0 Å². The largest absolute Gasteiger partial charge is 0.388 e. The maximum absolute atomic E-state index is 3.46. The fraction of sp³-hybridized carbons (Fsp3) is 0.0526. The average Bonchev–Trinajstić information content (AvgIpc) is 2.93. The van der Waals surface area contributed by atoms with Crippen molar-refractivity contribution in [3.05, 3.63) is 66.7 Å². The van der Waals surface area contributed by atoms with E-state index in [1.807, 2.05) is 7.05 Å². The zero-order valence-corrected chi connectivity index (χ0v) is 11.9. The van der Waals surface area contributed by atoms with Crippen molar-refractivity contribution in [3.63, 3.8) is 0 Å². The van der Waals surface area contributed by atoms with E-state index in [0.717, 1.165) is 5.69 Å². The molecule has 0 atom stereocenters. The standard InChI is InChI=1S/C19H16N2/c1-20-15-9-6-13(7-10-15)14-8-11-19-17(12-14)16-4-2-3-5-18(16)21-19/h2-12,20-21H,1H3. The predicted molar refractivity (Wildman–Crippen MR) is 90.8 cm³/mol. The third-order valence-corrected chi connectivity index (χ3v) is 4.01. The van der Waals surface area contributed by atoms with Crippen LogP contribution in [0.3, 0.4) is 0 Å². The molecule has 0 radical (unpaired) electrons. The third-order valence-electron chi connectivity index (χ3n) is 4.01. The number of nitrogens with one attached hydrogen (secondary N) is 2. The Kier molecular flexibility index (Phi) is 2.68. The number of benzene rings is 3. The van der Waals surface area contributed by atoms with Crippen molar-refractivity contribution in [1.82, 2.24) is 4.98 Å². The number of anilines is 1. The molecular weight excluding hydrogens is 256 g/mol. The smallest absolute Gasteiger partial charge is 0.0465 e. The number of aromatic nitrogens is 1. The molecule has 4 rings (SSSR count). The summed E-state index contributed by atoms with van der Waals surface area (Å²) < 4.78 is 0. The van der Waals surface area contributed by atoms with Gasteiger partial charge in [-0.1, -0.05) is 36.4 Å². The second-order valence-electron chi connectivity index (χ2n) is 5.26. The Morgan fingerprint density at radius 1 is 0.714 bits per heavy atom. The molecule has 102 valence electrons. The highest BCUT2D eigenvalue weighted by Gasteiger charge is 2.05. The van der Waals surface area contributed by atoms with Crippen LogP contribution in [-0.2, 0) is 0 Å². The number of para-hydroxylation sites is 1. The molecule has 4 aromatic rings. The van der Waals surface area contributed by atoms with E-state index in [0.29, 0.717) is 0 Å². The maximum atomic E-state index is 3.46. The first-order valence-electron chi connectivity index (χ1n) is 7.14. The van der Waals surface area contributed by atoms with Gasteiger partial charge in [-0.25, -0.2) is 0 Å². The van der Waals surface area contributed by atoms with Crippen LogP contribution in [0.5, 0.6) is 0 Å². The number of hydrogen-bond donors (Lipinski definition) is 2. The Hall–Kier alpha value is -2.74. The molecule has 2 nitrogen and oxygen atoms in total. The molecule has 0 fully saturated rings. The Morgan fingerprint density at radius 2 is 1.43 bits per heavy atom. The monoisotopic (exact) mass is 272 g/mol. The Bertz CT molecular complexity index is 917. The van der Waals surface area contributed by atoms with Crippen LogP contribution in [0.15, 0.2) is 66.7 Å². The second kappa shape index (κ2) is 4.67. The van der Waals surface area contributed by atoms with Crippen LogP contribution < -0.4 is 5.32 Å². The molecular formula is C19H16N2. The van der Waals surface area contributed by atoms with Gasteiger partial charge in [-0.2, -0.15) is 0 Å². The lowest BCUT2D eigenvalue weighted by molar-refractivity contribution is 1.51. The van der Waals surface area contributed by atoms with Crippen molar-refractivity contribution >= 4 is 27.5 Å². The molecule has 0 aliphatic heterocycles. The van der Waals surface area contributed by atoms with E-state index < -0.39 is 0 Å². The Balaban J connectivity index is 1.90. The first-order valence-corrected chi connectivity index (χ1v) is 7.14. The van der Waals surface area contributed by atoms with Crippen molar-refractivity contribution in [2.45, 2.75) is 0 Å². The van der Waals surface area contributed by atoms with Crippen molar-refractivity contribution < 1.29 is 0 Å². The molecule has 2 N–H and O–H groups in total. The summed E-state index contributed by atoms with van der Waals surface area (Å²) in [5.41, 5.74) is 5.99. The molecule has 3 aromatic carbocycles. The van der Waals surface area contributed by atoms with Gasteiger partial charge >= 0.3 is 0 Å². The summed E-state index contributed by atoms with van der Waals surface area (Å²) in [6.45, 7) is 0. The number of hydrogen-bond acceptors (Lipinski definition) is 1. The molecule has 0 aliphatic carbocycles. The lowest BCUT2D eigenvalue weighted by Gasteiger charge is -2.04. The predicted octanol–water partition coefficient (Wildman–Crippen LogP) is 5.03. The van der Waals surface area contributed by atoms with Crippen LogP contribution in [0.2, 0.25) is 0 Å². The van der Waals surface area contributed by atoms with Gasteiger partial charge in [0.15, 0.2) is 0 Å². The molecule has 0 spiro atoms. The Morgan fingerprint density at radius 3 is 2.24 bits per heavy atom. The first-order chi connectivity index (χ1) is 10.3. The van der Waals surface area contributed by atoms with Crippen molar-refractivity contribution in [3.8, 4) is 11.1 Å². The van der Waals surface area contributed by atoms with Gasteiger partial charge in [-0.3, -0.25) is 0 Å². The van der Waals surface area contributed by atoms with E-state index in [1.165, 1.54) is 32.9 Å². The van der Waals surface area contributed by atoms with E-state index in [4.69, 9.17) is 0 Å². The van der Waals surface area contributed by atoms with Crippen LogP contribution in [0, 0.1) is 0 Å². The molecule has 0 saturated carbocycles. The summed E-state index contributed by atoms with van der Waals surface area (Å²) in [7, 11) is 1.94. The Labute approximate surface area is 123 Å². The number of fused-ring (bicyclic) bond motifs is 3. The summed E-state index contributed by atoms with van der Waals surface area (Å²) in [4.78, 5) is 3.46. The van der Waals surface area contributed by atoms with Gasteiger partial charge in [0.1, 0.15) is 0 Å². The van der Waals surface area contributed by atoms with Crippen LogP contribution in [0.1, 0.15) is 0 Å². The van der Waals surface area contributed by atoms with Crippen molar-refractivity contribution in [1.29, 1.82) is 0 Å². The lowest BCUT2D eigenvalue weighted by Crippen LogP contribution is -1.86. The number of aromatic amines is 1. The summed E-state index contributed by atoms with van der Waals surface area (Å²) in [5.74, 6) is 0. The quantitative estimate of drug-likeness (QED) is 0.526. The van der Waals surface area contributed by atoms with Gasteiger partial charge in [-0.05, 0) is 41.5 Å². The van der Waals surface area contributed by atoms with E-state index >= 15 is 0 Å². The van der Waals surface area contributed by atoms with Gasteiger partial charge in [0, 0.05) is 34.5 Å². The third kappa shape index (κ3) is 1.96. The highest BCUT2D eigenvalue weighted by molar-refractivity contribution is 6.08. The molecule has 0 bridgehead atoms. The van der Waals surface area contributed by atoms with Gasteiger partial charge in [0.2, 0.25) is 0 Å². The lowest BCUT2D eigenvalue weighted by atomic mass is 10.0. The fourth-order valence-corrected chi connectivity index (χ4v) is 2.86. The van der Waals surface area contributed by atoms with Gasteiger partial charge in [-0.15, -0.1) is 0 Å². The first kappa shape index (κ1) is 12.0. The van der Waals surface area contributed by atoms with E-state index in [2.05, 4.69) is 77.0 Å². The molecule has 21 heavy (non-hydrogen) atoms. The minimum absolute atomic E-state index is 1.13. The normalized spacial score (nSPS) is 11.1.